The summed E-state index contributed by atoms with van der Waals surface area (Å²) in [6.07, 6.45) is 1.71. The summed E-state index contributed by atoms with van der Waals surface area (Å²) < 4.78 is 28.2. The van der Waals surface area contributed by atoms with E-state index in [1.54, 1.807) is 0 Å². The predicted octanol–water partition coefficient (Wildman–Crippen LogP) is 0.787. The van der Waals surface area contributed by atoms with Gasteiger partial charge < -0.3 is 5.11 Å². The Morgan fingerprint density at radius 2 is 2.39 bits per heavy atom. The van der Waals surface area contributed by atoms with Crippen LogP contribution in [0.15, 0.2) is 17.5 Å². The minimum atomic E-state index is -3.42. The van der Waals surface area contributed by atoms with Crippen LogP contribution in [-0.2, 0) is 16.8 Å². The fourth-order valence-electron chi connectivity index (χ4n) is 2.06. The highest BCUT2D eigenvalue weighted by molar-refractivity contribution is 7.87. The van der Waals surface area contributed by atoms with Crippen LogP contribution < -0.4 is 4.72 Å². The van der Waals surface area contributed by atoms with Crippen molar-refractivity contribution in [2.45, 2.75) is 19.4 Å². The van der Waals surface area contributed by atoms with Gasteiger partial charge in [0.1, 0.15) is 0 Å². The number of hydrogen-bond acceptors (Lipinski definition) is 4. The molecule has 1 fully saturated rings. The molecule has 1 aliphatic heterocycles. The van der Waals surface area contributed by atoms with E-state index in [1.165, 1.54) is 15.6 Å². The van der Waals surface area contributed by atoms with E-state index in [0.717, 1.165) is 17.7 Å². The lowest BCUT2D eigenvalue weighted by Gasteiger charge is -2.30. The maximum atomic E-state index is 12.1. The Labute approximate surface area is 112 Å². The van der Waals surface area contributed by atoms with Gasteiger partial charge in [-0.3, -0.25) is 0 Å². The third kappa shape index (κ3) is 3.52. The lowest BCUT2D eigenvalue weighted by Crippen LogP contribution is -2.46. The van der Waals surface area contributed by atoms with Gasteiger partial charge in [-0.15, -0.1) is 11.3 Å². The number of nitrogens with one attached hydrogen (secondary N) is 1. The van der Waals surface area contributed by atoms with Gasteiger partial charge in [0.05, 0.1) is 0 Å². The molecule has 1 aliphatic rings. The molecule has 5 nitrogen and oxygen atoms in total. The summed E-state index contributed by atoms with van der Waals surface area (Å²) in [7, 11) is -3.42. The second kappa shape index (κ2) is 6.12. The number of rotatable bonds is 5. The maximum absolute atomic E-state index is 12.1. The molecule has 0 amide bonds. The zero-order chi connectivity index (χ0) is 13.0. The average Bonchev–Trinajstić information content (AvgIpc) is 2.90. The molecule has 0 aliphatic carbocycles. The van der Waals surface area contributed by atoms with E-state index in [2.05, 4.69) is 4.72 Å². The molecular weight excluding hydrogens is 272 g/mol. The summed E-state index contributed by atoms with van der Waals surface area (Å²) in [6, 6.07) is 3.80. The number of aliphatic hydroxyl groups excluding tert-OH is 1. The lowest BCUT2D eigenvalue weighted by atomic mass is 10.0. The summed E-state index contributed by atoms with van der Waals surface area (Å²) >= 11 is 1.53. The summed E-state index contributed by atoms with van der Waals surface area (Å²) in [6.45, 7) is 1.34. The minimum absolute atomic E-state index is 0.0525. The third-order valence-electron chi connectivity index (χ3n) is 3.09. The van der Waals surface area contributed by atoms with Crippen LogP contribution in [0.4, 0.5) is 0 Å². The smallest absolute Gasteiger partial charge is 0.279 e. The summed E-state index contributed by atoms with van der Waals surface area (Å²) in [5.41, 5.74) is 0. The highest BCUT2D eigenvalue weighted by Crippen LogP contribution is 2.18. The molecule has 1 atom stereocenters. The lowest BCUT2D eigenvalue weighted by molar-refractivity contribution is 0.164. The predicted molar refractivity (Wildman–Crippen MR) is 71.5 cm³/mol. The SMILES string of the molecule is O=S(=O)(NCc1cccs1)N1CCCC(CO)C1. The highest BCUT2D eigenvalue weighted by Gasteiger charge is 2.28. The van der Waals surface area contributed by atoms with E-state index in [1.807, 2.05) is 17.5 Å². The summed E-state index contributed by atoms with van der Waals surface area (Å²) in [4.78, 5) is 0.995. The number of aliphatic hydroxyl groups is 1. The molecule has 7 heteroatoms. The van der Waals surface area contributed by atoms with Crippen molar-refractivity contribution >= 4 is 21.5 Å². The van der Waals surface area contributed by atoms with Crippen LogP contribution in [0.25, 0.3) is 0 Å². The first kappa shape index (κ1) is 14.0. The quantitative estimate of drug-likeness (QED) is 0.842. The molecule has 2 rings (SSSR count). The Bertz CT molecular complexity index is 459. The van der Waals surface area contributed by atoms with E-state index < -0.39 is 10.2 Å². The van der Waals surface area contributed by atoms with E-state index in [0.29, 0.717) is 19.6 Å². The van der Waals surface area contributed by atoms with Crippen LogP contribution in [0, 0.1) is 5.92 Å². The fraction of sp³-hybridized carbons (Fsp3) is 0.636. The molecule has 1 aromatic rings. The van der Waals surface area contributed by atoms with Crippen molar-refractivity contribution in [2.75, 3.05) is 19.7 Å². The van der Waals surface area contributed by atoms with E-state index in [4.69, 9.17) is 5.11 Å². The van der Waals surface area contributed by atoms with Gasteiger partial charge >= 0.3 is 0 Å². The number of nitrogens with zero attached hydrogens (tertiary/aromatic N) is 1. The van der Waals surface area contributed by atoms with Gasteiger partial charge in [0, 0.05) is 31.1 Å². The molecule has 2 N–H and O–H groups in total. The Balaban J connectivity index is 1.93. The van der Waals surface area contributed by atoms with Crippen molar-refractivity contribution in [1.82, 2.24) is 9.03 Å². The van der Waals surface area contributed by atoms with Gasteiger partial charge in [0.2, 0.25) is 0 Å². The molecule has 0 saturated carbocycles. The monoisotopic (exact) mass is 290 g/mol. The second-order valence-corrected chi connectivity index (χ2v) is 7.24. The largest absolute Gasteiger partial charge is 0.396 e. The van der Waals surface area contributed by atoms with Crippen molar-refractivity contribution in [3.63, 3.8) is 0 Å². The molecule has 0 spiro atoms. The number of hydrogen-bond donors (Lipinski definition) is 2. The Morgan fingerprint density at radius 3 is 3.06 bits per heavy atom. The van der Waals surface area contributed by atoms with Crippen LogP contribution >= 0.6 is 11.3 Å². The standard InChI is InChI=1S/C11H18N2O3S2/c14-9-10-3-1-5-13(8-10)18(15,16)12-7-11-4-2-6-17-11/h2,4,6,10,12,14H,1,3,5,7-9H2. The zero-order valence-electron chi connectivity index (χ0n) is 10.1. The fourth-order valence-corrected chi connectivity index (χ4v) is 4.09. The highest BCUT2D eigenvalue weighted by atomic mass is 32.2. The normalized spacial score (nSPS) is 22.2. The van der Waals surface area contributed by atoms with Crippen LogP contribution in [-0.4, -0.2) is 37.5 Å². The van der Waals surface area contributed by atoms with Crippen molar-refractivity contribution in [1.29, 1.82) is 0 Å². The Hall–Kier alpha value is -0.470. The number of thiophene rings is 1. The molecule has 2 heterocycles. The molecule has 18 heavy (non-hydrogen) atoms. The van der Waals surface area contributed by atoms with E-state index >= 15 is 0 Å². The van der Waals surface area contributed by atoms with Crippen LogP contribution in [0.1, 0.15) is 17.7 Å². The molecule has 102 valence electrons. The first-order valence-corrected chi connectivity index (χ1v) is 8.32. The first-order valence-electron chi connectivity index (χ1n) is 6.00. The molecule has 0 radical (unpaired) electrons. The minimum Gasteiger partial charge on any atom is -0.396 e. The van der Waals surface area contributed by atoms with Crippen LogP contribution in [0.5, 0.6) is 0 Å². The molecular formula is C11H18N2O3S2. The van der Waals surface area contributed by atoms with Crippen LogP contribution in [0.3, 0.4) is 0 Å². The van der Waals surface area contributed by atoms with Gasteiger partial charge in [0.15, 0.2) is 0 Å². The van der Waals surface area contributed by atoms with E-state index in [9.17, 15) is 8.42 Å². The average molecular weight is 290 g/mol. The molecule has 0 aromatic carbocycles. The first-order chi connectivity index (χ1) is 8.62. The van der Waals surface area contributed by atoms with Gasteiger partial charge in [0.25, 0.3) is 10.2 Å². The molecule has 1 unspecified atom stereocenters. The Morgan fingerprint density at radius 1 is 1.56 bits per heavy atom. The zero-order valence-corrected chi connectivity index (χ0v) is 11.7. The number of piperidine rings is 1. The molecule has 1 aromatic heterocycles. The van der Waals surface area contributed by atoms with Gasteiger partial charge in [-0.1, -0.05) is 6.07 Å². The van der Waals surface area contributed by atoms with Gasteiger partial charge in [-0.05, 0) is 30.2 Å². The van der Waals surface area contributed by atoms with Crippen molar-refractivity contribution < 1.29 is 13.5 Å². The van der Waals surface area contributed by atoms with Gasteiger partial charge in [-0.25, -0.2) is 0 Å². The third-order valence-corrected chi connectivity index (χ3v) is 5.49. The van der Waals surface area contributed by atoms with Crippen molar-refractivity contribution in [3.05, 3.63) is 22.4 Å². The van der Waals surface area contributed by atoms with Crippen molar-refractivity contribution in [2.24, 2.45) is 5.92 Å². The van der Waals surface area contributed by atoms with E-state index in [-0.39, 0.29) is 12.5 Å². The second-order valence-electron chi connectivity index (χ2n) is 4.45. The Kier molecular flexibility index (Phi) is 4.74. The maximum Gasteiger partial charge on any atom is 0.279 e. The molecule has 1 saturated heterocycles. The van der Waals surface area contributed by atoms with Crippen LogP contribution in [0.2, 0.25) is 0 Å². The topological polar surface area (TPSA) is 69.6 Å². The summed E-state index contributed by atoms with van der Waals surface area (Å²) in [5.74, 6) is 0.0667. The summed E-state index contributed by atoms with van der Waals surface area (Å²) in [5, 5.41) is 11.0. The van der Waals surface area contributed by atoms with Crippen molar-refractivity contribution in [3.8, 4) is 0 Å². The molecule has 0 bridgehead atoms. The van der Waals surface area contributed by atoms with Gasteiger partial charge in [-0.2, -0.15) is 17.4 Å².